The summed E-state index contributed by atoms with van der Waals surface area (Å²) in [5.74, 6) is -2.60. The van der Waals surface area contributed by atoms with Crippen LogP contribution >= 0.6 is 0 Å². The SMILES string of the molecule is CCCCCO[C@H](C)C(=O)Oc1ccc(-c2ccc([C@H](C(=O)OC(C)CCCC)C(F)F)cc2)cc1. The van der Waals surface area contributed by atoms with Gasteiger partial charge in [-0.3, -0.25) is 4.79 Å². The Morgan fingerprint density at radius 1 is 0.806 bits per heavy atom. The van der Waals surface area contributed by atoms with Crippen molar-refractivity contribution in [1.29, 1.82) is 0 Å². The van der Waals surface area contributed by atoms with Gasteiger partial charge in [0.2, 0.25) is 0 Å². The molecule has 2 aromatic rings. The number of unbranched alkanes of at least 4 members (excludes halogenated alkanes) is 3. The zero-order valence-corrected chi connectivity index (χ0v) is 21.7. The van der Waals surface area contributed by atoms with Crippen LogP contribution in [-0.4, -0.2) is 37.2 Å². The quantitative estimate of drug-likeness (QED) is 0.144. The molecule has 0 N–H and O–H groups in total. The largest absolute Gasteiger partial charge is 0.462 e. The van der Waals surface area contributed by atoms with Gasteiger partial charge in [0.05, 0.1) is 6.10 Å². The Morgan fingerprint density at radius 2 is 1.39 bits per heavy atom. The number of benzene rings is 2. The lowest BCUT2D eigenvalue weighted by Gasteiger charge is -2.19. The number of ether oxygens (including phenoxy) is 3. The summed E-state index contributed by atoms with van der Waals surface area (Å²) in [6.07, 6.45) is 1.56. The van der Waals surface area contributed by atoms with Crippen LogP contribution in [0.4, 0.5) is 8.78 Å². The molecule has 0 fully saturated rings. The number of alkyl halides is 2. The highest BCUT2D eigenvalue weighted by atomic mass is 19.3. The fourth-order valence-electron chi connectivity index (χ4n) is 3.68. The van der Waals surface area contributed by atoms with Gasteiger partial charge in [0.25, 0.3) is 6.43 Å². The number of esters is 2. The molecular formula is C29H38F2O5. The maximum absolute atomic E-state index is 13.7. The van der Waals surface area contributed by atoms with Gasteiger partial charge >= 0.3 is 11.9 Å². The van der Waals surface area contributed by atoms with Gasteiger partial charge in [-0.2, -0.15) is 0 Å². The average molecular weight is 505 g/mol. The van der Waals surface area contributed by atoms with E-state index in [2.05, 4.69) is 6.92 Å². The standard InChI is InChI=1S/C29H38F2O5/c1-5-7-9-19-34-21(4)28(32)36-25-17-15-23(16-18-25)22-11-13-24(14-12-22)26(27(30)31)29(33)35-20(3)10-8-6-2/h11-18,20-21,26-27H,5-10,19H2,1-4H3/t20?,21-,26+/m1/s1. The Morgan fingerprint density at radius 3 is 1.94 bits per heavy atom. The van der Waals surface area contributed by atoms with Crippen LogP contribution in [0.2, 0.25) is 0 Å². The minimum Gasteiger partial charge on any atom is -0.462 e. The molecule has 36 heavy (non-hydrogen) atoms. The summed E-state index contributed by atoms with van der Waals surface area (Å²) >= 11 is 0. The fraction of sp³-hybridized carbons (Fsp3) is 0.517. The van der Waals surface area contributed by atoms with E-state index in [1.54, 1.807) is 50.2 Å². The van der Waals surface area contributed by atoms with Gasteiger partial charge in [0, 0.05) is 6.61 Å². The van der Waals surface area contributed by atoms with E-state index in [9.17, 15) is 18.4 Å². The molecule has 0 bridgehead atoms. The molecular weight excluding hydrogens is 466 g/mol. The van der Waals surface area contributed by atoms with Gasteiger partial charge in [-0.15, -0.1) is 0 Å². The van der Waals surface area contributed by atoms with Crippen LogP contribution < -0.4 is 4.74 Å². The topological polar surface area (TPSA) is 61.8 Å². The first-order valence-electron chi connectivity index (χ1n) is 12.8. The molecule has 0 aliphatic carbocycles. The Kier molecular flexibility index (Phi) is 12.5. The van der Waals surface area contributed by atoms with Crippen LogP contribution in [0.5, 0.6) is 5.75 Å². The Bertz CT molecular complexity index is 928. The molecule has 0 aliphatic heterocycles. The summed E-state index contributed by atoms with van der Waals surface area (Å²) in [5, 5.41) is 0. The van der Waals surface area contributed by atoms with Gasteiger partial charge in [0.15, 0.2) is 6.10 Å². The molecule has 0 spiro atoms. The molecule has 2 aromatic carbocycles. The lowest BCUT2D eigenvalue weighted by molar-refractivity contribution is -0.154. The third kappa shape index (κ3) is 9.34. The lowest BCUT2D eigenvalue weighted by atomic mass is 9.96. The summed E-state index contributed by atoms with van der Waals surface area (Å²) in [6, 6.07) is 13.3. The van der Waals surface area contributed by atoms with Crippen LogP contribution in [0, 0.1) is 0 Å². The molecule has 0 heterocycles. The van der Waals surface area contributed by atoms with Crippen molar-refractivity contribution >= 4 is 11.9 Å². The van der Waals surface area contributed by atoms with E-state index in [1.807, 2.05) is 6.92 Å². The molecule has 5 nitrogen and oxygen atoms in total. The second-order valence-corrected chi connectivity index (χ2v) is 8.99. The van der Waals surface area contributed by atoms with Crippen molar-refractivity contribution in [2.24, 2.45) is 0 Å². The Balaban J connectivity index is 2.00. The molecule has 0 saturated carbocycles. The molecule has 3 atom stereocenters. The second-order valence-electron chi connectivity index (χ2n) is 8.99. The van der Waals surface area contributed by atoms with Crippen molar-refractivity contribution in [2.45, 2.75) is 90.8 Å². The summed E-state index contributed by atoms with van der Waals surface area (Å²) in [6.45, 7) is 8.02. The molecule has 7 heteroatoms. The van der Waals surface area contributed by atoms with Crippen molar-refractivity contribution in [3.05, 3.63) is 54.1 Å². The number of carbonyl (C=O) groups excluding carboxylic acids is 2. The van der Waals surface area contributed by atoms with Gasteiger partial charge in [-0.25, -0.2) is 13.6 Å². The van der Waals surface area contributed by atoms with Crippen molar-refractivity contribution in [3.63, 3.8) is 0 Å². The van der Waals surface area contributed by atoms with Gasteiger partial charge in [-0.05, 0) is 55.5 Å². The molecule has 2 rings (SSSR count). The summed E-state index contributed by atoms with van der Waals surface area (Å²) in [7, 11) is 0. The predicted molar refractivity (Wildman–Crippen MR) is 136 cm³/mol. The molecule has 0 radical (unpaired) electrons. The predicted octanol–water partition coefficient (Wildman–Crippen LogP) is 7.32. The highest BCUT2D eigenvalue weighted by molar-refractivity contribution is 5.79. The summed E-state index contributed by atoms with van der Waals surface area (Å²) in [4.78, 5) is 24.6. The van der Waals surface area contributed by atoms with Crippen LogP contribution in [-0.2, 0) is 19.1 Å². The molecule has 0 amide bonds. The minimum absolute atomic E-state index is 0.208. The average Bonchev–Trinajstić information content (AvgIpc) is 2.86. The van der Waals surface area contributed by atoms with Crippen molar-refractivity contribution in [2.75, 3.05) is 6.61 Å². The fourth-order valence-corrected chi connectivity index (χ4v) is 3.68. The summed E-state index contributed by atoms with van der Waals surface area (Å²) < 4.78 is 43.6. The van der Waals surface area contributed by atoms with Gasteiger partial charge in [-0.1, -0.05) is 75.9 Å². The first kappa shape index (κ1) is 29.4. The number of hydrogen-bond donors (Lipinski definition) is 0. The minimum atomic E-state index is -2.87. The maximum Gasteiger partial charge on any atom is 0.340 e. The number of halogens is 2. The van der Waals surface area contributed by atoms with Gasteiger partial charge < -0.3 is 14.2 Å². The Hall–Kier alpha value is -2.80. The van der Waals surface area contributed by atoms with Crippen LogP contribution in [0.25, 0.3) is 11.1 Å². The number of rotatable bonds is 15. The van der Waals surface area contributed by atoms with E-state index in [0.29, 0.717) is 18.8 Å². The zero-order chi connectivity index (χ0) is 26.5. The van der Waals surface area contributed by atoms with E-state index < -0.39 is 36.5 Å². The van der Waals surface area contributed by atoms with Gasteiger partial charge in [0.1, 0.15) is 11.7 Å². The van der Waals surface area contributed by atoms with E-state index in [-0.39, 0.29) is 5.56 Å². The van der Waals surface area contributed by atoms with E-state index >= 15 is 0 Å². The normalized spacial score (nSPS) is 13.8. The monoisotopic (exact) mass is 504 g/mol. The van der Waals surface area contributed by atoms with E-state index in [1.165, 1.54) is 12.1 Å². The van der Waals surface area contributed by atoms with E-state index in [4.69, 9.17) is 14.2 Å². The highest BCUT2D eigenvalue weighted by Crippen LogP contribution is 2.29. The number of hydrogen-bond acceptors (Lipinski definition) is 5. The molecule has 198 valence electrons. The maximum atomic E-state index is 13.7. The van der Waals surface area contributed by atoms with Crippen molar-refractivity contribution in [3.8, 4) is 16.9 Å². The summed E-state index contributed by atoms with van der Waals surface area (Å²) in [5.41, 5.74) is 1.80. The third-order valence-electron chi connectivity index (χ3n) is 5.91. The van der Waals surface area contributed by atoms with Crippen molar-refractivity contribution in [1.82, 2.24) is 0 Å². The van der Waals surface area contributed by atoms with Crippen molar-refractivity contribution < 1.29 is 32.6 Å². The molecule has 1 unspecified atom stereocenters. The second kappa shape index (κ2) is 15.3. The van der Waals surface area contributed by atoms with Crippen LogP contribution in [0.15, 0.2) is 48.5 Å². The molecule has 0 saturated heterocycles. The van der Waals surface area contributed by atoms with E-state index in [0.717, 1.165) is 43.2 Å². The smallest absolute Gasteiger partial charge is 0.340 e. The first-order valence-corrected chi connectivity index (χ1v) is 12.8. The lowest BCUT2D eigenvalue weighted by Crippen LogP contribution is -2.26. The molecule has 0 aromatic heterocycles. The Labute approximate surface area is 213 Å². The zero-order valence-electron chi connectivity index (χ0n) is 21.7. The number of carbonyl (C=O) groups is 2. The van der Waals surface area contributed by atoms with Crippen LogP contribution in [0.3, 0.4) is 0 Å². The third-order valence-corrected chi connectivity index (χ3v) is 5.91. The first-order chi connectivity index (χ1) is 17.3. The van der Waals surface area contributed by atoms with Crippen LogP contribution in [0.1, 0.15) is 77.7 Å². The highest BCUT2D eigenvalue weighted by Gasteiger charge is 2.32. The molecule has 0 aliphatic rings.